The topological polar surface area (TPSA) is 100 Å². The molecule has 0 spiro atoms. The second-order valence-corrected chi connectivity index (χ2v) is 6.64. The lowest BCUT2D eigenvalue weighted by Gasteiger charge is -2.15. The molecule has 0 radical (unpaired) electrons. The summed E-state index contributed by atoms with van der Waals surface area (Å²) < 4.78 is 33.6. The third kappa shape index (κ3) is 3.71. The van der Waals surface area contributed by atoms with Gasteiger partial charge in [0.15, 0.2) is 17.4 Å². The second-order valence-electron chi connectivity index (χ2n) is 6.64. The van der Waals surface area contributed by atoms with Crippen LogP contribution in [0.5, 0.6) is 11.6 Å². The predicted octanol–water partition coefficient (Wildman–Crippen LogP) is 2.92. The molecule has 1 saturated heterocycles. The van der Waals surface area contributed by atoms with Crippen LogP contribution in [-0.4, -0.2) is 50.1 Å². The maximum atomic E-state index is 14.1. The summed E-state index contributed by atoms with van der Waals surface area (Å²) in [5.74, 6) is -3.13. The molecule has 0 saturated carbocycles. The van der Waals surface area contributed by atoms with E-state index in [9.17, 15) is 18.7 Å². The summed E-state index contributed by atoms with van der Waals surface area (Å²) in [7, 11) is 0. The first-order chi connectivity index (χ1) is 14.5. The van der Waals surface area contributed by atoms with Crippen molar-refractivity contribution in [3.8, 4) is 11.6 Å². The number of phenols is 1. The van der Waals surface area contributed by atoms with Gasteiger partial charge in [0.2, 0.25) is 17.6 Å². The van der Waals surface area contributed by atoms with Crippen molar-refractivity contribution in [2.75, 3.05) is 18.4 Å². The van der Waals surface area contributed by atoms with E-state index in [1.165, 1.54) is 18.5 Å². The Kier molecular flexibility index (Phi) is 5.13. The number of likely N-dealkylation sites (tertiary alicyclic amines) is 1. The van der Waals surface area contributed by atoms with Gasteiger partial charge in [-0.15, -0.1) is 0 Å². The molecule has 30 heavy (non-hydrogen) atoms. The summed E-state index contributed by atoms with van der Waals surface area (Å²) >= 11 is 0. The number of pyridine rings is 1. The van der Waals surface area contributed by atoms with Crippen molar-refractivity contribution in [2.45, 2.75) is 12.5 Å². The fourth-order valence-corrected chi connectivity index (χ4v) is 3.17. The molecular weight excluding hydrogens is 396 g/mol. The molecule has 2 aromatic heterocycles. The molecule has 3 heterocycles. The number of rotatable bonds is 5. The Morgan fingerprint density at radius 3 is 2.90 bits per heavy atom. The Balaban J connectivity index is 1.59. The van der Waals surface area contributed by atoms with Gasteiger partial charge in [-0.05, 0) is 24.3 Å². The van der Waals surface area contributed by atoms with Gasteiger partial charge in [0.05, 0.1) is 17.7 Å². The van der Waals surface area contributed by atoms with Crippen LogP contribution in [0.2, 0.25) is 0 Å². The minimum atomic E-state index is -1.37. The molecule has 1 fully saturated rings. The number of hydrogen-bond acceptors (Lipinski definition) is 7. The largest absolute Gasteiger partial charge is 0.505 e. The predicted molar refractivity (Wildman–Crippen MR) is 104 cm³/mol. The monoisotopic (exact) mass is 413 g/mol. The molecule has 0 bridgehead atoms. The zero-order chi connectivity index (χ0) is 21.3. The molecule has 1 amide bonds. The maximum absolute atomic E-state index is 14.1. The SMILES string of the molecule is C=CC(=O)N1CCC(Oc2ccc3ncnc(Nc4ccc(O)c(F)c4F)c3n2)C1. The van der Waals surface area contributed by atoms with Gasteiger partial charge in [-0.2, -0.15) is 4.39 Å². The number of halogens is 2. The third-order valence-electron chi connectivity index (χ3n) is 4.69. The number of aromatic hydroxyl groups is 1. The number of ether oxygens (including phenoxy) is 1. The number of hydrogen-bond donors (Lipinski definition) is 2. The molecule has 10 heteroatoms. The Hall–Kier alpha value is -3.82. The van der Waals surface area contributed by atoms with Gasteiger partial charge in [-0.3, -0.25) is 4.79 Å². The number of amides is 1. The average Bonchev–Trinajstić information content (AvgIpc) is 3.22. The van der Waals surface area contributed by atoms with Crippen LogP contribution in [0.3, 0.4) is 0 Å². The summed E-state index contributed by atoms with van der Waals surface area (Å²) in [5, 5.41) is 12.0. The molecule has 8 nitrogen and oxygen atoms in total. The standard InChI is InChI=1S/C20H17F2N5O3/c1-2-16(29)27-8-7-11(9-27)30-15-6-4-13-19(26-15)20(24-10-23-13)25-12-3-5-14(28)18(22)17(12)21/h2-6,10-11,28H,1,7-9H2,(H,23,24,25). The van der Waals surface area contributed by atoms with Crippen molar-refractivity contribution < 1.29 is 23.4 Å². The minimum absolute atomic E-state index is 0.143. The number of benzene rings is 1. The van der Waals surface area contributed by atoms with Crippen LogP contribution in [0.25, 0.3) is 11.0 Å². The van der Waals surface area contributed by atoms with E-state index in [0.717, 1.165) is 6.07 Å². The Morgan fingerprint density at radius 1 is 1.27 bits per heavy atom. The van der Waals surface area contributed by atoms with Gasteiger partial charge in [0.25, 0.3) is 0 Å². The molecule has 1 atom stereocenters. The van der Waals surface area contributed by atoms with E-state index in [1.54, 1.807) is 17.0 Å². The lowest BCUT2D eigenvalue weighted by Crippen LogP contribution is -2.29. The van der Waals surface area contributed by atoms with Gasteiger partial charge in [-0.25, -0.2) is 19.3 Å². The number of carbonyl (C=O) groups is 1. The molecule has 1 aliphatic heterocycles. The summed E-state index contributed by atoms with van der Waals surface area (Å²) in [4.78, 5) is 25.9. The zero-order valence-corrected chi connectivity index (χ0v) is 15.7. The van der Waals surface area contributed by atoms with Crippen molar-refractivity contribution >= 4 is 28.4 Å². The van der Waals surface area contributed by atoms with Crippen LogP contribution in [0, 0.1) is 11.6 Å². The van der Waals surface area contributed by atoms with Gasteiger partial charge in [0.1, 0.15) is 17.9 Å². The minimum Gasteiger partial charge on any atom is -0.505 e. The number of phenolic OH excluding ortho intramolecular Hbond substituents is 1. The first-order valence-electron chi connectivity index (χ1n) is 9.10. The summed E-state index contributed by atoms with van der Waals surface area (Å²) in [6.45, 7) is 4.46. The van der Waals surface area contributed by atoms with Gasteiger partial charge in [0, 0.05) is 19.0 Å². The molecule has 4 rings (SSSR count). The Bertz CT molecular complexity index is 1140. The highest BCUT2D eigenvalue weighted by molar-refractivity contribution is 5.88. The molecular formula is C20H17F2N5O3. The van der Waals surface area contributed by atoms with E-state index in [2.05, 4.69) is 26.8 Å². The maximum Gasteiger partial charge on any atom is 0.246 e. The highest BCUT2D eigenvalue weighted by atomic mass is 19.2. The van der Waals surface area contributed by atoms with Crippen LogP contribution >= 0.6 is 0 Å². The van der Waals surface area contributed by atoms with E-state index in [0.29, 0.717) is 30.5 Å². The number of carbonyl (C=O) groups excluding carboxylic acids is 1. The highest BCUT2D eigenvalue weighted by Gasteiger charge is 2.26. The van der Waals surface area contributed by atoms with Crippen molar-refractivity contribution in [2.24, 2.45) is 0 Å². The van der Waals surface area contributed by atoms with Crippen LogP contribution in [0.4, 0.5) is 20.3 Å². The summed E-state index contributed by atoms with van der Waals surface area (Å²) in [6.07, 6.45) is 2.94. The first-order valence-corrected chi connectivity index (χ1v) is 9.10. The van der Waals surface area contributed by atoms with Crippen LogP contribution in [0.15, 0.2) is 43.2 Å². The molecule has 1 aliphatic rings. The summed E-state index contributed by atoms with van der Waals surface area (Å²) in [6, 6.07) is 5.52. The quantitative estimate of drug-likeness (QED) is 0.490. The van der Waals surface area contributed by atoms with E-state index in [-0.39, 0.29) is 29.4 Å². The van der Waals surface area contributed by atoms with Gasteiger partial charge < -0.3 is 20.1 Å². The van der Waals surface area contributed by atoms with E-state index in [1.807, 2.05) is 0 Å². The molecule has 1 unspecified atom stereocenters. The number of aromatic nitrogens is 3. The smallest absolute Gasteiger partial charge is 0.246 e. The third-order valence-corrected chi connectivity index (χ3v) is 4.69. The van der Waals surface area contributed by atoms with E-state index in [4.69, 9.17) is 4.74 Å². The fourth-order valence-electron chi connectivity index (χ4n) is 3.17. The van der Waals surface area contributed by atoms with Crippen molar-refractivity contribution in [3.63, 3.8) is 0 Å². The number of fused-ring (bicyclic) bond motifs is 1. The molecule has 154 valence electrons. The lowest BCUT2D eigenvalue weighted by molar-refractivity contribution is -0.125. The second kappa shape index (κ2) is 7.90. The Morgan fingerprint density at radius 2 is 2.10 bits per heavy atom. The number of anilines is 2. The van der Waals surface area contributed by atoms with Crippen LogP contribution in [-0.2, 0) is 4.79 Å². The summed E-state index contributed by atoms with van der Waals surface area (Å²) in [5.41, 5.74) is 0.544. The molecule has 2 N–H and O–H groups in total. The zero-order valence-electron chi connectivity index (χ0n) is 15.7. The normalized spacial score (nSPS) is 15.9. The van der Waals surface area contributed by atoms with Gasteiger partial charge >= 0.3 is 0 Å². The average molecular weight is 413 g/mol. The Labute approximate surface area is 169 Å². The van der Waals surface area contributed by atoms with Crippen molar-refractivity contribution in [3.05, 3.63) is 54.9 Å². The van der Waals surface area contributed by atoms with Crippen molar-refractivity contribution in [1.29, 1.82) is 0 Å². The number of nitrogens with one attached hydrogen (secondary N) is 1. The van der Waals surface area contributed by atoms with E-state index >= 15 is 0 Å². The van der Waals surface area contributed by atoms with Gasteiger partial charge in [-0.1, -0.05) is 6.58 Å². The fraction of sp³-hybridized carbons (Fsp3) is 0.200. The van der Waals surface area contributed by atoms with Crippen molar-refractivity contribution in [1.82, 2.24) is 19.9 Å². The van der Waals surface area contributed by atoms with Crippen LogP contribution in [0.1, 0.15) is 6.42 Å². The molecule has 0 aliphatic carbocycles. The first kappa shape index (κ1) is 19.5. The van der Waals surface area contributed by atoms with Crippen LogP contribution < -0.4 is 10.1 Å². The highest BCUT2D eigenvalue weighted by Crippen LogP contribution is 2.29. The number of nitrogens with zero attached hydrogens (tertiary/aromatic N) is 4. The van der Waals surface area contributed by atoms with E-state index < -0.39 is 17.4 Å². The molecule has 3 aromatic rings. The lowest BCUT2D eigenvalue weighted by atomic mass is 10.2. The molecule has 1 aromatic carbocycles.